The average Bonchev–Trinajstić information content (AvgIpc) is 3.21. The minimum Gasteiger partial charge on any atom is -0.246 e. The van der Waals surface area contributed by atoms with E-state index in [-0.39, 0.29) is 0 Å². The van der Waals surface area contributed by atoms with Gasteiger partial charge in [-0.15, -0.1) is 5.10 Å². The van der Waals surface area contributed by atoms with Crippen molar-refractivity contribution >= 4 is 0 Å². The SMILES string of the molecule is CCCCCCCC(CCCCCC)CC(C)C1CCc2cnnn21. The number of aryl methyl sites for hydroxylation is 1. The first-order chi connectivity index (χ1) is 12.3. The molecule has 3 heteroatoms. The van der Waals surface area contributed by atoms with E-state index in [9.17, 15) is 0 Å². The van der Waals surface area contributed by atoms with Gasteiger partial charge in [-0.25, -0.2) is 4.68 Å². The maximum atomic E-state index is 4.36. The summed E-state index contributed by atoms with van der Waals surface area (Å²) in [4.78, 5) is 0. The van der Waals surface area contributed by atoms with Gasteiger partial charge < -0.3 is 0 Å². The Morgan fingerprint density at radius 1 is 1.00 bits per heavy atom. The number of nitrogens with zero attached hydrogens (tertiary/aromatic N) is 3. The molecule has 2 heterocycles. The van der Waals surface area contributed by atoms with Gasteiger partial charge in [-0.05, 0) is 31.1 Å². The Morgan fingerprint density at radius 3 is 2.32 bits per heavy atom. The Balaban J connectivity index is 1.79. The number of fused-ring (bicyclic) bond motifs is 1. The molecule has 0 saturated carbocycles. The molecule has 1 aromatic rings. The normalized spacial score (nSPS) is 19.1. The van der Waals surface area contributed by atoms with E-state index >= 15 is 0 Å². The molecule has 0 aromatic carbocycles. The molecule has 3 atom stereocenters. The molecule has 0 aliphatic carbocycles. The largest absolute Gasteiger partial charge is 0.246 e. The molecule has 144 valence electrons. The Morgan fingerprint density at radius 2 is 1.64 bits per heavy atom. The van der Waals surface area contributed by atoms with Crippen molar-refractivity contribution in [1.82, 2.24) is 15.0 Å². The van der Waals surface area contributed by atoms with E-state index in [1.165, 1.54) is 95.6 Å². The molecule has 25 heavy (non-hydrogen) atoms. The Hall–Kier alpha value is -0.860. The van der Waals surface area contributed by atoms with Crippen LogP contribution in [0.5, 0.6) is 0 Å². The van der Waals surface area contributed by atoms with E-state index < -0.39 is 0 Å². The molecule has 0 spiro atoms. The molecule has 0 amide bonds. The molecule has 1 aliphatic heterocycles. The molecule has 3 unspecified atom stereocenters. The molecule has 0 radical (unpaired) electrons. The van der Waals surface area contributed by atoms with Crippen LogP contribution in [0.3, 0.4) is 0 Å². The summed E-state index contributed by atoms with van der Waals surface area (Å²) in [6, 6.07) is 0.593. The minimum absolute atomic E-state index is 0.593. The lowest BCUT2D eigenvalue weighted by molar-refractivity contribution is 0.252. The summed E-state index contributed by atoms with van der Waals surface area (Å²) in [5.41, 5.74) is 1.34. The van der Waals surface area contributed by atoms with Crippen molar-refractivity contribution in [3.63, 3.8) is 0 Å². The van der Waals surface area contributed by atoms with Crippen molar-refractivity contribution in [2.24, 2.45) is 11.8 Å². The number of unbranched alkanes of at least 4 members (excludes halogenated alkanes) is 7. The zero-order valence-electron chi connectivity index (χ0n) is 17.1. The topological polar surface area (TPSA) is 30.7 Å². The van der Waals surface area contributed by atoms with E-state index in [2.05, 4.69) is 35.8 Å². The lowest BCUT2D eigenvalue weighted by atomic mass is 9.83. The predicted octanol–water partition coefficient (Wildman–Crippen LogP) is 6.74. The first-order valence-electron chi connectivity index (χ1n) is 11.1. The zero-order valence-corrected chi connectivity index (χ0v) is 17.1. The first kappa shape index (κ1) is 20.5. The highest BCUT2D eigenvalue weighted by atomic mass is 15.4. The molecule has 1 aliphatic rings. The maximum absolute atomic E-state index is 4.36. The lowest BCUT2D eigenvalue weighted by Crippen LogP contribution is -2.18. The first-order valence-corrected chi connectivity index (χ1v) is 11.1. The molecule has 0 saturated heterocycles. The quantitative estimate of drug-likeness (QED) is 0.349. The molecular formula is C22H41N3. The van der Waals surface area contributed by atoms with Crippen LogP contribution in [-0.4, -0.2) is 15.0 Å². The Kier molecular flexibility index (Phi) is 9.57. The van der Waals surface area contributed by atoms with Gasteiger partial charge in [0, 0.05) is 0 Å². The van der Waals surface area contributed by atoms with E-state index in [0.717, 1.165) is 11.8 Å². The highest BCUT2D eigenvalue weighted by Crippen LogP contribution is 2.36. The van der Waals surface area contributed by atoms with Crippen LogP contribution in [0.25, 0.3) is 0 Å². The van der Waals surface area contributed by atoms with Crippen LogP contribution in [0.15, 0.2) is 6.20 Å². The van der Waals surface area contributed by atoms with Gasteiger partial charge >= 0.3 is 0 Å². The van der Waals surface area contributed by atoms with Crippen LogP contribution in [0, 0.1) is 11.8 Å². The average molecular weight is 348 g/mol. The van der Waals surface area contributed by atoms with Gasteiger partial charge in [0.1, 0.15) is 0 Å². The summed E-state index contributed by atoms with van der Waals surface area (Å²) < 4.78 is 2.22. The van der Waals surface area contributed by atoms with Gasteiger partial charge in [-0.3, -0.25) is 0 Å². The van der Waals surface area contributed by atoms with Gasteiger partial charge in [-0.2, -0.15) is 0 Å². The van der Waals surface area contributed by atoms with E-state index in [0.29, 0.717) is 6.04 Å². The minimum atomic E-state index is 0.593. The molecule has 2 rings (SSSR count). The van der Waals surface area contributed by atoms with Gasteiger partial charge in [0.25, 0.3) is 0 Å². The summed E-state index contributed by atoms with van der Waals surface area (Å²) in [5.74, 6) is 1.65. The van der Waals surface area contributed by atoms with E-state index in [4.69, 9.17) is 0 Å². The highest BCUT2D eigenvalue weighted by Gasteiger charge is 2.29. The zero-order chi connectivity index (χ0) is 17.9. The van der Waals surface area contributed by atoms with Gasteiger partial charge in [-0.1, -0.05) is 96.6 Å². The van der Waals surface area contributed by atoms with Crippen LogP contribution in [0.4, 0.5) is 0 Å². The number of hydrogen-bond donors (Lipinski definition) is 0. The van der Waals surface area contributed by atoms with E-state index in [1.54, 1.807) is 0 Å². The van der Waals surface area contributed by atoms with Crippen molar-refractivity contribution in [3.8, 4) is 0 Å². The van der Waals surface area contributed by atoms with Crippen LogP contribution >= 0.6 is 0 Å². The second-order valence-electron chi connectivity index (χ2n) is 8.41. The fourth-order valence-corrected chi connectivity index (χ4v) is 4.63. The molecular weight excluding hydrogens is 306 g/mol. The summed E-state index contributed by atoms with van der Waals surface area (Å²) in [7, 11) is 0. The van der Waals surface area contributed by atoms with Crippen molar-refractivity contribution in [2.75, 3.05) is 0 Å². The second kappa shape index (κ2) is 11.7. The fraction of sp³-hybridized carbons (Fsp3) is 0.909. The number of rotatable bonds is 14. The third kappa shape index (κ3) is 6.75. The third-order valence-electron chi connectivity index (χ3n) is 6.20. The number of aromatic nitrogens is 3. The van der Waals surface area contributed by atoms with Crippen molar-refractivity contribution < 1.29 is 0 Å². The molecule has 0 bridgehead atoms. The van der Waals surface area contributed by atoms with Crippen molar-refractivity contribution in [2.45, 2.75) is 117 Å². The standard InChI is InChI=1S/C22H41N3/c1-4-6-8-10-12-14-20(13-11-9-7-5-2)17-19(3)22-16-15-21-18-23-24-25(21)22/h18-20,22H,4-17H2,1-3H3. The molecule has 0 N–H and O–H groups in total. The molecule has 0 fully saturated rings. The van der Waals surface area contributed by atoms with Gasteiger partial charge in [0.05, 0.1) is 17.9 Å². The molecule has 3 nitrogen and oxygen atoms in total. The van der Waals surface area contributed by atoms with Crippen molar-refractivity contribution in [1.29, 1.82) is 0 Å². The lowest BCUT2D eigenvalue weighted by Gasteiger charge is -2.25. The van der Waals surface area contributed by atoms with Crippen LogP contribution in [0.2, 0.25) is 0 Å². The number of hydrogen-bond acceptors (Lipinski definition) is 2. The van der Waals surface area contributed by atoms with Gasteiger partial charge in [0.2, 0.25) is 0 Å². The smallest absolute Gasteiger partial charge is 0.0725 e. The van der Waals surface area contributed by atoms with Crippen LogP contribution in [0.1, 0.15) is 116 Å². The maximum Gasteiger partial charge on any atom is 0.0725 e. The molecule has 1 aromatic heterocycles. The second-order valence-corrected chi connectivity index (χ2v) is 8.41. The van der Waals surface area contributed by atoms with E-state index in [1.807, 2.05) is 6.20 Å². The monoisotopic (exact) mass is 347 g/mol. The Labute approximate surface area is 156 Å². The van der Waals surface area contributed by atoms with Gasteiger partial charge in [0.15, 0.2) is 0 Å². The summed E-state index contributed by atoms with van der Waals surface area (Å²) in [6.45, 7) is 7.07. The third-order valence-corrected chi connectivity index (χ3v) is 6.20. The summed E-state index contributed by atoms with van der Waals surface area (Å²) >= 11 is 0. The highest BCUT2D eigenvalue weighted by molar-refractivity contribution is 5.03. The van der Waals surface area contributed by atoms with Crippen LogP contribution < -0.4 is 0 Å². The fourth-order valence-electron chi connectivity index (χ4n) is 4.63. The predicted molar refractivity (Wildman–Crippen MR) is 107 cm³/mol. The summed E-state index contributed by atoms with van der Waals surface area (Å²) in [6.07, 6.45) is 21.3. The van der Waals surface area contributed by atoms with Crippen molar-refractivity contribution in [3.05, 3.63) is 11.9 Å². The summed E-state index contributed by atoms with van der Waals surface area (Å²) in [5, 5.41) is 8.47. The van der Waals surface area contributed by atoms with Crippen LogP contribution in [-0.2, 0) is 6.42 Å². The Bertz CT molecular complexity index is 454.